The standard InChI is InChI=1S/C20H12ClF9N2O/c21-14-7-31-15(20(28,29)30)6-13(14)11-1-2-12-16(11)32-33-17(12)8-3-9(18(22,23)24)5-10(4-8)19(25,26)27/h3-7,11-12,17H,1-2H2/t11-,12+,17?/m1/s1. The number of hydrogen-bond acceptors (Lipinski definition) is 3. The molecule has 2 heterocycles. The molecule has 33 heavy (non-hydrogen) atoms. The van der Waals surface area contributed by atoms with Crippen LogP contribution < -0.4 is 0 Å². The van der Waals surface area contributed by atoms with Gasteiger partial charge in [-0.1, -0.05) is 16.8 Å². The van der Waals surface area contributed by atoms with E-state index in [1.54, 1.807) is 0 Å². The average molecular weight is 503 g/mol. The second-order valence-corrected chi connectivity index (χ2v) is 8.11. The van der Waals surface area contributed by atoms with Gasteiger partial charge in [0.15, 0.2) is 6.10 Å². The Balaban J connectivity index is 1.69. The number of rotatable bonds is 2. The molecule has 1 aromatic heterocycles. The molecule has 1 aromatic carbocycles. The molecule has 1 saturated carbocycles. The monoisotopic (exact) mass is 502 g/mol. The van der Waals surface area contributed by atoms with Gasteiger partial charge in [0.2, 0.25) is 0 Å². The topological polar surface area (TPSA) is 34.5 Å². The van der Waals surface area contributed by atoms with Gasteiger partial charge >= 0.3 is 18.5 Å². The van der Waals surface area contributed by atoms with E-state index in [0.717, 1.165) is 12.3 Å². The zero-order chi connectivity index (χ0) is 24.3. The highest BCUT2D eigenvalue weighted by molar-refractivity contribution is 6.31. The number of fused-ring (bicyclic) bond motifs is 1. The Kier molecular flexibility index (Phi) is 5.58. The Hall–Kier alpha value is -2.50. The van der Waals surface area contributed by atoms with Gasteiger partial charge in [0.25, 0.3) is 0 Å². The molecular formula is C20H12ClF9N2O. The summed E-state index contributed by atoms with van der Waals surface area (Å²) in [4.78, 5) is 8.46. The van der Waals surface area contributed by atoms with Crippen LogP contribution in [0.25, 0.3) is 0 Å². The second kappa shape index (κ2) is 7.78. The fraction of sp³-hybridized carbons (Fsp3) is 0.400. The molecule has 4 rings (SSSR count). The quantitative estimate of drug-likeness (QED) is 0.401. The summed E-state index contributed by atoms with van der Waals surface area (Å²) in [6, 6.07) is 1.89. The number of alkyl halides is 9. The van der Waals surface area contributed by atoms with Crippen LogP contribution in [0.5, 0.6) is 0 Å². The van der Waals surface area contributed by atoms with Gasteiger partial charge in [0, 0.05) is 18.0 Å². The number of aromatic nitrogens is 1. The van der Waals surface area contributed by atoms with E-state index in [-0.39, 0.29) is 40.8 Å². The number of oxime groups is 1. The van der Waals surface area contributed by atoms with Gasteiger partial charge < -0.3 is 4.84 Å². The van der Waals surface area contributed by atoms with Crippen LogP contribution in [0, 0.1) is 5.92 Å². The highest BCUT2D eigenvalue weighted by Gasteiger charge is 2.47. The number of nitrogens with zero attached hydrogens (tertiary/aromatic N) is 2. The van der Waals surface area contributed by atoms with Crippen molar-refractivity contribution in [3.63, 3.8) is 0 Å². The lowest BCUT2D eigenvalue weighted by Crippen LogP contribution is -2.18. The van der Waals surface area contributed by atoms with E-state index in [1.807, 2.05) is 0 Å². The van der Waals surface area contributed by atoms with E-state index in [4.69, 9.17) is 16.4 Å². The predicted octanol–water partition coefficient (Wildman–Crippen LogP) is 7.41. The molecule has 0 saturated heterocycles. The van der Waals surface area contributed by atoms with Gasteiger partial charge in [0.1, 0.15) is 5.69 Å². The Bertz CT molecular complexity index is 1080. The maximum atomic E-state index is 13.2. The molecule has 0 N–H and O–H groups in total. The summed E-state index contributed by atoms with van der Waals surface area (Å²) in [6.07, 6.45) is -14.8. The Morgan fingerprint density at radius 3 is 1.97 bits per heavy atom. The first-order valence-electron chi connectivity index (χ1n) is 9.42. The Labute approximate surface area is 185 Å². The third-order valence-corrected chi connectivity index (χ3v) is 5.95. The summed E-state index contributed by atoms with van der Waals surface area (Å²) >= 11 is 6.04. The fourth-order valence-electron chi connectivity index (χ4n) is 4.16. The average Bonchev–Trinajstić information content (AvgIpc) is 3.28. The summed E-state index contributed by atoms with van der Waals surface area (Å²) in [7, 11) is 0. The zero-order valence-electron chi connectivity index (χ0n) is 16.1. The minimum absolute atomic E-state index is 0.00702. The summed E-state index contributed by atoms with van der Waals surface area (Å²) in [5.74, 6) is -1.47. The van der Waals surface area contributed by atoms with Crippen molar-refractivity contribution in [2.45, 2.75) is 43.4 Å². The minimum Gasteiger partial charge on any atom is -0.387 e. The van der Waals surface area contributed by atoms with Crippen LogP contribution in [0.1, 0.15) is 52.8 Å². The van der Waals surface area contributed by atoms with Gasteiger partial charge in [-0.05, 0) is 48.2 Å². The van der Waals surface area contributed by atoms with Gasteiger partial charge in [-0.3, -0.25) is 4.98 Å². The van der Waals surface area contributed by atoms with Crippen LogP contribution in [0.2, 0.25) is 5.02 Å². The first-order chi connectivity index (χ1) is 15.2. The molecule has 0 bridgehead atoms. The number of benzene rings is 1. The van der Waals surface area contributed by atoms with Crippen molar-refractivity contribution in [2.75, 3.05) is 0 Å². The number of pyridine rings is 1. The van der Waals surface area contributed by atoms with E-state index < -0.39 is 53.3 Å². The normalized spacial score (nSPS) is 23.3. The molecule has 2 aromatic rings. The molecule has 13 heteroatoms. The molecule has 3 nitrogen and oxygen atoms in total. The maximum absolute atomic E-state index is 13.2. The van der Waals surface area contributed by atoms with Crippen LogP contribution >= 0.6 is 11.6 Å². The number of halogens is 10. The molecule has 1 unspecified atom stereocenters. The molecule has 0 radical (unpaired) electrons. The van der Waals surface area contributed by atoms with Crippen molar-refractivity contribution in [3.8, 4) is 0 Å². The van der Waals surface area contributed by atoms with E-state index in [2.05, 4.69) is 10.1 Å². The third kappa shape index (κ3) is 4.49. The summed E-state index contributed by atoms with van der Waals surface area (Å²) in [6.45, 7) is 0. The lowest BCUT2D eigenvalue weighted by Gasteiger charge is -2.19. The highest BCUT2D eigenvalue weighted by Crippen LogP contribution is 2.50. The van der Waals surface area contributed by atoms with Crippen LogP contribution in [0.3, 0.4) is 0 Å². The van der Waals surface area contributed by atoms with E-state index in [9.17, 15) is 39.5 Å². The summed E-state index contributed by atoms with van der Waals surface area (Å²) in [5.41, 5.74) is -4.28. The molecule has 1 aliphatic carbocycles. The smallest absolute Gasteiger partial charge is 0.387 e. The van der Waals surface area contributed by atoms with Crippen molar-refractivity contribution in [3.05, 3.63) is 63.4 Å². The lowest BCUT2D eigenvalue weighted by atomic mass is 9.88. The first kappa shape index (κ1) is 23.7. The predicted molar refractivity (Wildman–Crippen MR) is 97.4 cm³/mol. The van der Waals surface area contributed by atoms with Gasteiger partial charge in [-0.15, -0.1) is 0 Å². The number of hydrogen-bond donors (Lipinski definition) is 0. The molecule has 0 spiro atoms. The third-order valence-electron chi connectivity index (χ3n) is 5.63. The Morgan fingerprint density at radius 1 is 0.818 bits per heavy atom. The van der Waals surface area contributed by atoms with Crippen molar-refractivity contribution < 1.29 is 44.4 Å². The second-order valence-electron chi connectivity index (χ2n) is 7.71. The van der Waals surface area contributed by atoms with Crippen molar-refractivity contribution in [1.29, 1.82) is 0 Å². The molecule has 1 aliphatic heterocycles. The minimum atomic E-state index is -5.03. The van der Waals surface area contributed by atoms with E-state index in [1.165, 1.54) is 0 Å². The van der Waals surface area contributed by atoms with Gasteiger partial charge in [-0.25, -0.2) is 0 Å². The summed E-state index contributed by atoms with van der Waals surface area (Å²) < 4.78 is 118. The van der Waals surface area contributed by atoms with E-state index in [0.29, 0.717) is 12.1 Å². The van der Waals surface area contributed by atoms with Gasteiger partial charge in [0.05, 0.1) is 21.9 Å². The van der Waals surface area contributed by atoms with Crippen LogP contribution in [0.4, 0.5) is 39.5 Å². The molecule has 3 atom stereocenters. The van der Waals surface area contributed by atoms with Crippen LogP contribution in [0.15, 0.2) is 35.6 Å². The largest absolute Gasteiger partial charge is 0.433 e. The molecular weight excluding hydrogens is 491 g/mol. The van der Waals surface area contributed by atoms with Gasteiger partial charge in [-0.2, -0.15) is 39.5 Å². The molecule has 2 aliphatic rings. The molecule has 178 valence electrons. The molecule has 1 fully saturated rings. The zero-order valence-corrected chi connectivity index (χ0v) is 16.9. The van der Waals surface area contributed by atoms with Crippen molar-refractivity contribution in [1.82, 2.24) is 4.98 Å². The van der Waals surface area contributed by atoms with E-state index >= 15 is 0 Å². The first-order valence-corrected chi connectivity index (χ1v) is 9.79. The maximum Gasteiger partial charge on any atom is 0.433 e. The Morgan fingerprint density at radius 2 is 1.42 bits per heavy atom. The molecule has 0 amide bonds. The lowest BCUT2D eigenvalue weighted by molar-refractivity contribution is -0.143. The SMILES string of the molecule is FC(F)(F)c1cc(C2ON=C3[C@@H](c4cc(C(F)(F)F)ncc4Cl)CC[C@@H]32)cc(C(F)(F)F)c1. The van der Waals surface area contributed by atoms with Crippen LogP contribution in [-0.2, 0) is 23.4 Å². The van der Waals surface area contributed by atoms with Crippen LogP contribution in [-0.4, -0.2) is 10.7 Å². The fourth-order valence-corrected chi connectivity index (χ4v) is 4.39. The van der Waals surface area contributed by atoms with Crippen molar-refractivity contribution >= 4 is 17.3 Å². The van der Waals surface area contributed by atoms with Crippen molar-refractivity contribution in [2.24, 2.45) is 11.1 Å². The highest BCUT2D eigenvalue weighted by atomic mass is 35.5. The summed E-state index contributed by atoms with van der Waals surface area (Å²) in [5, 5.41) is 3.75.